The van der Waals surface area contributed by atoms with Crippen molar-refractivity contribution in [1.82, 2.24) is 0 Å². The lowest BCUT2D eigenvalue weighted by Gasteiger charge is -2.06. The molecule has 0 amide bonds. The largest absolute Gasteiger partial charge is 0.544 e. The van der Waals surface area contributed by atoms with Crippen molar-refractivity contribution in [3.63, 3.8) is 0 Å². The maximum atomic E-state index is 10.6. The van der Waals surface area contributed by atoms with Crippen LogP contribution in [-0.4, -0.2) is 24.3 Å². The molecule has 0 radical (unpaired) electrons. The maximum absolute atomic E-state index is 10.6. The fourth-order valence-corrected chi connectivity index (χ4v) is 0.578. The van der Waals surface area contributed by atoms with E-state index in [1.165, 1.54) is 0 Å². The highest BCUT2D eigenvalue weighted by atomic mass is 16.4. The zero-order valence-electron chi connectivity index (χ0n) is 6.34. The first-order valence-corrected chi connectivity index (χ1v) is 3.42. The molecule has 0 aromatic heterocycles. The van der Waals surface area contributed by atoms with Crippen molar-refractivity contribution in [2.24, 2.45) is 0 Å². The monoisotopic (exact) mass is 161 g/mol. The first kappa shape index (κ1) is 10.1. The molecular weight excluding hydrogens is 148 g/mol. The highest BCUT2D eigenvalue weighted by Crippen LogP contribution is 1.91. The summed E-state index contributed by atoms with van der Waals surface area (Å²) in [4.78, 5) is 20.7. The smallest absolute Gasteiger partial charge is 0.186 e. The van der Waals surface area contributed by atoms with Crippen molar-refractivity contribution in [3.05, 3.63) is 0 Å². The molecule has 0 saturated heterocycles. The van der Waals surface area contributed by atoms with Crippen molar-refractivity contribution in [2.75, 3.05) is 6.54 Å². The molecule has 1 atom stereocenters. The summed E-state index contributed by atoms with van der Waals surface area (Å²) in [6.07, 6.45) is 0.475. The summed E-state index contributed by atoms with van der Waals surface area (Å²) in [6, 6.07) is -0.787. The molecule has 0 aliphatic rings. The van der Waals surface area contributed by atoms with Gasteiger partial charge < -0.3 is 21.4 Å². The summed E-state index contributed by atoms with van der Waals surface area (Å²) in [5.74, 6) is -1.25. The minimum Gasteiger partial charge on any atom is -0.544 e. The second-order valence-electron chi connectivity index (χ2n) is 2.34. The van der Waals surface area contributed by atoms with E-state index in [9.17, 15) is 14.7 Å². The zero-order valence-corrected chi connectivity index (χ0v) is 6.34. The predicted molar refractivity (Wildman–Crippen MR) is 33.7 cm³/mol. The average Bonchev–Trinajstić information content (AvgIpc) is 1.99. The van der Waals surface area contributed by atoms with E-state index in [1.54, 1.807) is 0 Å². The van der Waals surface area contributed by atoms with Gasteiger partial charge in [-0.15, -0.1) is 0 Å². The van der Waals surface area contributed by atoms with Gasteiger partial charge in [0.05, 0.1) is 5.97 Å². The molecule has 0 spiro atoms. The van der Waals surface area contributed by atoms with Gasteiger partial charge in [0.2, 0.25) is 0 Å². The van der Waals surface area contributed by atoms with E-state index >= 15 is 0 Å². The van der Waals surface area contributed by atoms with E-state index in [2.05, 4.69) is 11.5 Å². The van der Waals surface area contributed by atoms with Gasteiger partial charge in [0, 0.05) is 12.8 Å². The number of quaternary nitrogens is 2. The molecule has 0 aliphatic carbocycles. The number of Topliss-reactive ketones (excluding diaryl/α,β-unsaturated/α-hetero) is 1. The second kappa shape index (κ2) is 4.81. The van der Waals surface area contributed by atoms with E-state index < -0.39 is 12.0 Å². The van der Waals surface area contributed by atoms with Gasteiger partial charge >= 0.3 is 0 Å². The minimum atomic E-state index is -1.21. The lowest BCUT2D eigenvalue weighted by Crippen LogP contribution is -2.68. The molecule has 0 bridgehead atoms. The Kier molecular flexibility index (Phi) is 4.40. The van der Waals surface area contributed by atoms with Crippen molar-refractivity contribution >= 4 is 11.8 Å². The van der Waals surface area contributed by atoms with Crippen molar-refractivity contribution in [3.8, 4) is 0 Å². The highest BCUT2D eigenvalue weighted by molar-refractivity contribution is 5.80. The van der Waals surface area contributed by atoms with Gasteiger partial charge in [-0.3, -0.25) is 4.79 Å². The van der Waals surface area contributed by atoms with Crippen LogP contribution in [0.1, 0.15) is 12.8 Å². The van der Waals surface area contributed by atoms with Crippen LogP contribution < -0.4 is 16.6 Å². The van der Waals surface area contributed by atoms with Crippen LogP contribution in [-0.2, 0) is 9.59 Å². The van der Waals surface area contributed by atoms with E-state index in [4.69, 9.17) is 0 Å². The lowest BCUT2D eigenvalue weighted by atomic mass is 10.1. The van der Waals surface area contributed by atoms with Crippen molar-refractivity contribution in [1.29, 1.82) is 0 Å². The van der Waals surface area contributed by atoms with E-state index in [1.807, 2.05) is 0 Å². The summed E-state index contributed by atoms with van der Waals surface area (Å²) in [7, 11) is 0. The normalized spacial score (nSPS) is 12.5. The second-order valence-corrected chi connectivity index (χ2v) is 2.34. The molecule has 0 aromatic rings. The predicted octanol–water partition coefficient (Wildman–Crippen LogP) is -4.06. The summed E-state index contributed by atoms with van der Waals surface area (Å²) < 4.78 is 0. The minimum absolute atomic E-state index is 0.0418. The van der Waals surface area contributed by atoms with Gasteiger partial charge in [0.25, 0.3) is 0 Å². The first-order valence-electron chi connectivity index (χ1n) is 3.42. The lowest BCUT2D eigenvalue weighted by molar-refractivity contribution is -0.438. The SMILES string of the molecule is [NH3+]CC(=O)CCC([NH3+])C(=O)[O-]. The van der Waals surface area contributed by atoms with Gasteiger partial charge in [-0.25, -0.2) is 0 Å². The van der Waals surface area contributed by atoms with Gasteiger partial charge in [-0.1, -0.05) is 0 Å². The van der Waals surface area contributed by atoms with Crippen LogP contribution in [0.2, 0.25) is 0 Å². The van der Waals surface area contributed by atoms with Crippen LogP contribution in [0.25, 0.3) is 0 Å². The molecule has 5 nitrogen and oxygen atoms in total. The van der Waals surface area contributed by atoms with Crippen molar-refractivity contribution < 1.29 is 26.2 Å². The first-order chi connectivity index (χ1) is 5.07. The molecule has 0 rings (SSSR count). The zero-order chi connectivity index (χ0) is 8.85. The molecule has 0 aromatic carbocycles. The number of carboxylic acids is 1. The van der Waals surface area contributed by atoms with E-state index in [-0.39, 0.29) is 25.2 Å². The molecular formula is C6H13N2O3+. The third-order valence-corrected chi connectivity index (χ3v) is 1.38. The molecule has 11 heavy (non-hydrogen) atoms. The Morgan fingerprint density at radius 1 is 1.45 bits per heavy atom. The van der Waals surface area contributed by atoms with Crippen LogP contribution in [0, 0.1) is 0 Å². The Bertz CT molecular complexity index is 158. The van der Waals surface area contributed by atoms with Gasteiger partial charge in [0.1, 0.15) is 12.6 Å². The molecule has 0 saturated carbocycles. The van der Waals surface area contributed by atoms with Crippen LogP contribution in [0.3, 0.4) is 0 Å². The standard InChI is InChI=1S/C6H12N2O3/c7-3-4(9)1-2-5(8)6(10)11/h5H,1-3,7-8H2,(H,10,11)/p+1. The Morgan fingerprint density at radius 3 is 2.36 bits per heavy atom. The molecule has 1 unspecified atom stereocenters. The summed E-state index contributed by atoms with van der Waals surface area (Å²) in [6.45, 7) is 0.208. The van der Waals surface area contributed by atoms with E-state index in [0.717, 1.165) is 0 Å². The number of ketones is 1. The highest BCUT2D eigenvalue weighted by Gasteiger charge is 2.09. The fourth-order valence-electron chi connectivity index (χ4n) is 0.578. The Balaban J connectivity index is 3.54. The molecule has 64 valence electrons. The number of hydrogen-bond acceptors (Lipinski definition) is 3. The number of aliphatic carboxylic acids is 1. The van der Waals surface area contributed by atoms with E-state index in [0.29, 0.717) is 0 Å². The van der Waals surface area contributed by atoms with Crippen LogP contribution in [0.4, 0.5) is 0 Å². The molecule has 5 heteroatoms. The fraction of sp³-hybridized carbons (Fsp3) is 0.667. The topological polar surface area (TPSA) is 112 Å². The number of carbonyl (C=O) groups excluding carboxylic acids is 2. The summed E-state index contributed by atoms with van der Waals surface area (Å²) in [5, 5.41) is 10.1. The third-order valence-electron chi connectivity index (χ3n) is 1.38. The Hall–Kier alpha value is -0.940. The Morgan fingerprint density at radius 2 is 2.00 bits per heavy atom. The quantitative estimate of drug-likeness (QED) is 0.427. The third kappa shape index (κ3) is 4.46. The molecule has 6 N–H and O–H groups in total. The number of hydrogen-bond donors (Lipinski definition) is 2. The molecule has 0 fully saturated rings. The molecule has 0 aliphatic heterocycles. The number of carbonyl (C=O) groups is 2. The average molecular weight is 161 g/mol. The van der Waals surface area contributed by atoms with Crippen molar-refractivity contribution in [2.45, 2.75) is 18.9 Å². The van der Waals surface area contributed by atoms with Gasteiger partial charge in [0.15, 0.2) is 5.78 Å². The Labute approximate surface area is 64.4 Å². The maximum Gasteiger partial charge on any atom is 0.186 e. The summed E-state index contributed by atoms with van der Waals surface area (Å²) >= 11 is 0. The van der Waals surface area contributed by atoms with Crippen LogP contribution in [0.5, 0.6) is 0 Å². The number of rotatable bonds is 5. The molecule has 0 heterocycles. The van der Waals surface area contributed by atoms with Gasteiger partial charge in [-0.05, 0) is 0 Å². The van der Waals surface area contributed by atoms with Crippen LogP contribution in [0.15, 0.2) is 0 Å². The van der Waals surface area contributed by atoms with Crippen LogP contribution >= 0.6 is 0 Å². The van der Waals surface area contributed by atoms with Gasteiger partial charge in [-0.2, -0.15) is 0 Å². The summed E-state index contributed by atoms with van der Waals surface area (Å²) in [5.41, 5.74) is 6.68. The number of carboxylic acid groups (broad SMARTS) is 1.